The lowest BCUT2D eigenvalue weighted by atomic mass is 10.1. The van der Waals surface area contributed by atoms with E-state index < -0.39 is 0 Å². The average molecular weight is 391 g/mol. The summed E-state index contributed by atoms with van der Waals surface area (Å²) in [6, 6.07) is 8.59. The zero-order valence-corrected chi connectivity index (χ0v) is 14.9. The van der Waals surface area contributed by atoms with Gasteiger partial charge < -0.3 is 15.4 Å². The first-order valence-corrected chi connectivity index (χ1v) is 6.83. The van der Waals surface area contributed by atoms with Gasteiger partial charge in [-0.2, -0.15) is 0 Å². The Morgan fingerprint density at radius 1 is 1.30 bits per heavy atom. The molecule has 0 aromatic heterocycles. The summed E-state index contributed by atoms with van der Waals surface area (Å²) in [7, 11) is 1.69. The number of hydrogen-bond donors (Lipinski definition) is 2. The molecule has 0 atom stereocenters. The highest BCUT2D eigenvalue weighted by atomic mass is 127. The molecule has 0 aliphatic heterocycles. The van der Waals surface area contributed by atoms with E-state index in [2.05, 4.69) is 53.7 Å². The molecule has 20 heavy (non-hydrogen) atoms. The number of guanidine groups is 1. The maximum atomic E-state index is 4.99. The number of nitrogens with one attached hydrogen (secondary N) is 2. The Labute approximate surface area is 139 Å². The molecule has 114 valence electrons. The van der Waals surface area contributed by atoms with Gasteiger partial charge in [0, 0.05) is 20.2 Å². The number of nitrogens with zero attached hydrogens (tertiary/aromatic N) is 1. The lowest BCUT2D eigenvalue weighted by Crippen LogP contribution is -2.38. The van der Waals surface area contributed by atoms with Crippen LogP contribution in [-0.2, 0) is 11.2 Å². The number of methoxy groups -OCH3 is 1. The van der Waals surface area contributed by atoms with E-state index in [1.54, 1.807) is 7.11 Å². The number of aryl methyl sites for hydroxylation is 1. The highest BCUT2D eigenvalue weighted by molar-refractivity contribution is 14.0. The third-order valence-corrected chi connectivity index (χ3v) is 2.70. The first-order chi connectivity index (χ1) is 9.26. The summed E-state index contributed by atoms with van der Waals surface area (Å²) in [5.41, 5.74) is 2.65. The van der Waals surface area contributed by atoms with E-state index in [0.29, 0.717) is 13.2 Å². The fourth-order valence-corrected chi connectivity index (χ4v) is 1.78. The smallest absolute Gasteiger partial charge is 0.191 e. The Hall–Kier alpha value is -0.820. The SMILES string of the molecule is CCNC(=NCCOC)NCCc1cccc(C)c1.I. The van der Waals surface area contributed by atoms with Gasteiger partial charge >= 0.3 is 0 Å². The van der Waals surface area contributed by atoms with Gasteiger partial charge in [0.15, 0.2) is 5.96 Å². The second kappa shape index (κ2) is 12.0. The summed E-state index contributed by atoms with van der Waals surface area (Å²) < 4.78 is 4.99. The van der Waals surface area contributed by atoms with E-state index in [0.717, 1.165) is 25.5 Å². The number of rotatable bonds is 7. The lowest BCUT2D eigenvalue weighted by Gasteiger charge is -2.11. The molecule has 0 aliphatic rings. The third kappa shape index (κ3) is 8.37. The summed E-state index contributed by atoms with van der Waals surface area (Å²) in [6.07, 6.45) is 0.996. The minimum Gasteiger partial charge on any atom is -0.383 e. The molecule has 0 saturated heterocycles. The molecule has 0 radical (unpaired) electrons. The molecule has 4 nitrogen and oxygen atoms in total. The number of ether oxygens (including phenoxy) is 1. The molecule has 1 aromatic carbocycles. The van der Waals surface area contributed by atoms with E-state index in [-0.39, 0.29) is 24.0 Å². The zero-order valence-electron chi connectivity index (χ0n) is 12.6. The molecule has 0 heterocycles. The molecule has 0 bridgehead atoms. The van der Waals surface area contributed by atoms with Gasteiger partial charge in [-0.15, -0.1) is 24.0 Å². The fourth-order valence-electron chi connectivity index (χ4n) is 1.78. The van der Waals surface area contributed by atoms with Crippen LogP contribution in [0.1, 0.15) is 18.1 Å². The summed E-state index contributed by atoms with van der Waals surface area (Å²) in [5.74, 6) is 0.854. The maximum absolute atomic E-state index is 4.99. The average Bonchev–Trinajstić information content (AvgIpc) is 2.39. The van der Waals surface area contributed by atoms with Gasteiger partial charge in [-0.1, -0.05) is 29.8 Å². The van der Waals surface area contributed by atoms with Gasteiger partial charge in [-0.05, 0) is 25.8 Å². The van der Waals surface area contributed by atoms with E-state index >= 15 is 0 Å². The van der Waals surface area contributed by atoms with Crippen molar-refractivity contribution in [3.05, 3.63) is 35.4 Å². The molecule has 0 amide bonds. The molecular formula is C15H26IN3O. The number of aliphatic imine (C=N–C) groups is 1. The molecule has 5 heteroatoms. The number of hydrogen-bond acceptors (Lipinski definition) is 2. The van der Waals surface area contributed by atoms with Crippen LogP contribution in [0.4, 0.5) is 0 Å². The van der Waals surface area contributed by atoms with E-state index in [4.69, 9.17) is 4.74 Å². The van der Waals surface area contributed by atoms with Crippen LogP contribution >= 0.6 is 24.0 Å². The summed E-state index contributed by atoms with van der Waals surface area (Å²) >= 11 is 0. The third-order valence-electron chi connectivity index (χ3n) is 2.70. The quantitative estimate of drug-likeness (QED) is 0.325. The van der Waals surface area contributed by atoms with Crippen molar-refractivity contribution in [2.45, 2.75) is 20.3 Å². The highest BCUT2D eigenvalue weighted by Gasteiger charge is 1.97. The van der Waals surface area contributed by atoms with Crippen LogP contribution in [-0.4, -0.2) is 39.3 Å². The fraction of sp³-hybridized carbons (Fsp3) is 0.533. The molecular weight excluding hydrogens is 365 g/mol. The Bertz CT molecular complexity index is 396. The number of halogens is 1. The molecule has 0 spiro atoms. The minimum absolute atomic E-state index is 0. The minimum atomic E-state index is 0. The Balaban J connectivity index is 0.00000361. The molecule has 1 aromatic rings. The predicted molar refractivity (Wildman–Crippen MR) is 96.2 cm³/mol. The highest BCUT2D eigenvalue weighted by Crippen LogP contribution is 2.03. The van der Waals surface area contributed by atoms with E-state index in [1.807, 2.05) is 0 Å². The van der Waals surface area contributed by atoms with Gasteiger partial charge in [-0.3, -0.25) is 4.99 Å². The molecule has 2 N–H and O–H groups in total. The summed E-state index contributed by atoms with van der Waals surface area (Å²) in [6.45, 7) is 7.25. The standard InChI is InChI=1S/C15H25N3O.HI/c1-4-16-15(18-10-11-19-3)17-9-8-14-7-5-6-13(2)12-14;/h5-7,12H,4,8-11H2,1-3H3,(H2,16,17,18);1H. The van der Waals surface area contributed by atoms with E-state index in [9.17, 15) is 0 Å². The Morgan fingerprint density at radius 2 is 2.10 bits per heavy atom. The molecule has 0 saturated carbocycles. The first kappa shape index (κ1) is 19.2. The van der Waals surface area contributed by atoms with Crippen molar-refractivity contribution in [1.82, 2.24) is 10.6 Å². The normalized spacial score (nSPS) is 10.8. The van der Waals surface area contributed by atoms with Crippen molar-refractivity contribution in [2.75, 3.05) is 33.4 Å². The van der Waals surface area contributed by atoms with Crippen LogP contribution in [0.5, 0.6) is 0 Å². The largest absolute Gasteiger partial charge is 0.383 e. The molecule has 1 rings (SSSR count). The molecule has 0 fully saturated rings. The monoisotopic (exact) mass is 391 g/mol. The van der Waals surface area contributed by atoms with Crippen LogP contribution in [0.3, 0.4) is 0 Å². The van der Waals surface area contributed by atoms with Crippen molar-refractivity contribution >= 4 is 29.9 Å². The van der Waals surface area contributed by atoms with Crippen molar-refractivity contribution in [2.24, 2.45) is 4.99 Å². The van der Waals surface area contributed by atoms with Gasteiger partial charge in [-0.25, -0.2) is 0 Å². The van der Waals surface area contributed by atoms with Crippen LogP contribution in [0.2, 0.25) is 0 Å². The van der Waals surface area contributed by atoms with Crippen LogP contribution < -0.4 is 10.6 Å². The van der Waals surface area contributed by atoms with Crippen molar-refractivity contribution in [1.29, 1.82) is 0 Å². The topological polar surface area (TPSA) is 45.7 Å². The van der Waals surface area contributed by atoms with Gasteiger partial charge in [0.2, 0.25) is 0 Å². The molecule has 0 aliphatic carbocycles. The Morgan fingerprint density at radius 3 is 2.75 bits per heavy atom. The second-order valence-electron chi connectivity index (χ2n) is 4.42. The zero-order chi connectivity index (χ0) is 13.9. The first-order valence-electron chi connectivity index (χ1n) is 6.83. The van der Waals surface area contributed by atoms with Crippen LogP contribution in [0, 0.1) is 6.92 Å². The van der Waals surface area contributed by atoms with Gasteiger partial charge in [0.25, 0.3) is 0 Å². The van der Waals surface area contributed by atoms with Crippen molar-refractivity contribution < 1.29 is 4.74 Å². The van der Waals surface area contributed by atoms with Crippen LogP contribution in [0.15, 0.2) is 29.3 Å². The Kier molecular flexibility index (Phi) is 11.5. The molecule has 0 unspecified atom stereocenters. The van der Waals surface area contributed by atoms with Crippen molar-refractivity contribution in [3.63, 3.8) is 0 Å². The van der Waals surface area contributed by atoms with Crippen molar-refractivity contribution in [3.8, 4) is 0 Å². The maximum Gasteiger partial charge on any atom is 0.191 e. The van der Waals surface area contributed by atoms with Gasteiger partial charge in [0.05, 0.1) is 13.2 Å². The van der Waals surface area contributed by atoms with E-state index in [1.165, 1.54) is 11.1 Å². The predicted octanol–water partition coefficient (Wildman–Crippen LogP) is 2.36. The van der Waals surface area contributed by atoms with Crippen LogP contribution in [0.25, 0.3) is 0 Å². The summed E-state index contributed by atoms with van der Waals surface area (Å²) in [4.78, 5) is 4.42. The lowest BCUT2D eigenvalue weighted by molar-refractivity contribution is 0.208. The number of benzene rings is 1. The van der Waals surface area contributed by atoms with Gasteiger partial charge in [0.1, 0.15) is 0 Å². The second-order valence-corrected chi connectivity index (χ2v) is 4.42. The summed E-state index contributed by atoms with van der Waals surface area (Å²) in [5, 5.41) is 6.55.